The van der Waals surface area contributed by atoms with E-state index in [0.29, 0.717) is 0 Å². The average Bonchev–Trinajstić information content (AvgIpc) is 3.52. The number of rotatable bonds is 3. The molecule has 2 aliphatic carbocycles. The van der Waals surface area contributed by atoms with Crippen LogP contribution < -0.4 is 0 Å². The fourth-order valence-electron chi connectivity index (χ4n) is 2.42. The maximum absolute atomic E-state index is 3.46. The van der Waals surface area contributed by atoms with Crippen molar-refractivity contribution in [2.24, 2.45) is 0 Å². The molecular formula is C28H26Zr+2. The Morgan fingerprint density at radius 2 is 0.966 bits per heavy atom. The van der Waals surface area contributed by atoms with E-state index in [9.17, 15) is 0 Å². The number of allylic oxidation sites excluding steroid dienone is 3. The number of hydrogen-bond acceptors (Lipinski definition) is 0. The van der Waals surface area contributed by atoms with Crippen molar-refractivity contribution in [1.82, 2.24) is 0 Å². The van der Waals surface area contributed by atoms with Gasteiger partial charge in [-0.2, -0.15) is 5.56 Å². The molecule has 2 saturated carbocycles. The van der Waals surface area contributed by atoms with Crippen LogP contribution in [0, 0.1) is 76.4 Å². The maximum atomic E-state index is 3.46. The second kappa shape index (κ2) is 16.6. The molecule has 29 heavy (non-hydrogen) atoms. The van der Waals surface area contributed by atoms with Crippen molar-refractivity contribution < 1.29 is 26.2 Å². The summed E-state index contributed by atoms with van der Waals surface area (Å²) in [6.45, 7) is 4.00. The zero-order valence-electron chi connectivity index (χ0n) is 17.0. The first-order valence-corrected chi connectivity index (χ1v) is 9.40. The molecule has 0 aliphatic heterocycles. The van der Waals surface area contributed by atoms with E-state index in [1.165, 1.54) is 5.56 Å². The molecule has 0 spiro atoms. The molecule has 2 aromatic carbocycles. The molecule has 0 amide bonds. The van der Waals surface area contributed by atoms with E-state index in [0.717, 1.165) is 16.7 Å². The molecule has 0 bridgehead atoms. The van der Waals surface area contributed by atoms with Gasteiger partial charge in [0.05, 0.1) is 0 Å². The van der Waals surface area contributed by atoms with Crippen LogP contribution in [0.3, 0.4) is 0 Å². The smallest absolute Gasteiger partial charge is 0.316 e. The summed E-state index contributed by atoms with van der Waals surface area (Å²) in [5, 5.41) is 0. The molecule has 0 atom stereocenters. The van der Waals surface area contributed by atoms with E-state index in [2.05, 4.69) is 43.3 Å². The molecule has 0 unspecified atom stereocenters. The van der Waals surface area contributed by atoms with E-state index < -0.39 is 0 Å². The number of hydrogen-bond donors (Lipinski definition) is 0. The Morgan fingerprint density at radius 3 is 1.34 bits per heavy atom. The standard InChI is InChI=1S/C18H16.2C5H5.Zr/c1-3-15(2)18(17-12-8-5-9-13-17)14-16-10-6-4-7-11-16;2*1-2-4-5-3-1;/h4-13H,1-2H3;2*1-5H;/q-2;;;+4. The minimum Gasteiger partial charge on any atom is -0.316 e. The molecule has 2 fully saturated rings. The topological polar surface area (TPSA) is 0 Å². The maximum Gasteiger partial charge on any atom is 4.00 e. The zero-order chi connectivity index (χ0) is 19.9. The van der Waals surface area contributed by atoms with Gasteiger partial charge in [-0.3, -0.25) is 11.1 Å². The predicted molar refractivity (Wildman–Crippen MR) is 120 cm³/mol. The average molecular weight is 454 g/mol. The quantitative estimate of drug-likeness (QED) is 0.274. The molecule has 0 heterocycles. The molecule has 1 heteroatoms. The van der Waals surface area contributed by atoms with Crippen LogP contribution in [0.1, 0.15) is 25.0 Å². The van der Waals surface area contributed by atoms with Crippen LogP contribution in [0.15, 0.2) is 66.2 Å². The second-order valence-corrected chi connectivity index (χ2v) is 6.03. The number of benzene rings is 2. The van der Waals surface area contributed by atoms with Crippen LogP contribution in [0.2, 0.25) is 0 Å². The Hall–Kier alpha value is -1.20. The van der Waals surface area contributed by atoms with Crippen molar-refractivity contribution >= 4 is 5.57 Å². The van der Waals surface area contributed by atoms with E-state index >= 15 is 0 Å². The van der Waals surface area contributed by atoms with Gasteiger partial charge in [0, 0.05) is 0 Å². The van der Waals surface area contributed by atoms with Crippen LogP contribution >= 0.6 is 0 Å². The fourth-order valence-corrected chi connectivity index (χ4v) is 2.42. The summed E-state index contributed by atoms with van der Waals surface area (Å²) in [5.74, 6) is 0. The molecule has 0 aromatic heterocycles. The molecule has 10 radical (unpaired) electrons. The summed E-state index contributed by atoms with van der Waals surface area (Å²) in [5.41, 5.74) is 4.48. The van der Waals surface area contributed by atoms with Crippen molar-refractivity contribution in [2.75, 3.05) is 0 Å². The largest absolute Gasteiger partial charge is 4.00 e. The van der Waals surface area contributed by atoms with Gasteiger partial charge in [-0.05, 0) is 64.2 Å². The predicted octanol–water partition coefficient (Wildman–Crippen LogP) is 6.73. The van der Waals surface area contributed by atoms with Gasteiger partial charge in [-0.15, -0.1) is 43.7 Å². The van der Waals surface area contributed by atoms with Gasteiger partial charge in [0.15, 0.2) is 0 Å². The zero-order valence-corrected chi connectivity index (χ0v) is 19.5. The summed E-state index contributed by atoms with van der Waals surface area (Å²) >= 11 is 0. The van der Waals surface area contributed by atoms with Gasteiger partial charge in [0.2, 0.25) is 0 Å². The van der Waals surface area contributed by atoms with Crippen molar-refractivity contribution in [2.45, 2.75) is 13.8 Å². The van der Waals surface area contributed by atoms with Gasteiger partial charge in [-0.1, -0.05) is 36.4 Å². The van der Waals surface area contributed by atoms with Gasteiger partial charge in [-0.25, -0.2) is 6.08 Å². The summed E-state index contributed by atoms with van der Waals surface area (Å²) in [6, 6.07) is 20.5. The molecule has 140 valence electrons. The van der Waals surface area contributed by atoms with Crippen molar-refractivity contribution in [3.05, 3.63) is 154 Å². The summed E-state index contributed by atoms with van der Waals surface area (Å²) in [6.07, 6.45) is 26.7. The summed E-state index contributed by atoms with van der Waals surface area (Å²) in [7, 11) is 0. The third-order valence-electron chi connectivity index (χ3n) is 3.97. The normalized spacial score (nSPS) is 16.1. The summed E-state index contributed by atoms with van der Waals surface area (Å²) < 4.78 is 0. The van der Waals surface area contributed by atoms with Gasteiger partial charge < -0.3 is 6.08 Å². The Bertz CT molecular complexity index is 664. The van der Waals surface area contributed by atoms with E-state index in [-0.39, 0.29) is 26.2 Å². The Kier molecular flexibility index (Phi) is 14.8. The van der Waals surface area contributed by atoms with Gasteiger partial charge >= 0.3 is 26.2 Å². The van der Waals surface area contributed by atoms with Crippen LogP contribution in [-0.4, -0.2) is 0 Å². The molecule has 4 rings (SSSR count). The first-order chi connectivity index (χ1) is 13.8. The first kappa shape index (κ1) is 25.8. The molecule has 0 nitrogen and oxygen atoms in total. The minimum absolute atomic E-state index is 0. The van der Waals surface area contributed by atoms with Crippen LogP contribution in [0.25, 0.3) is 5.57 Å². The fraction of sp³-hybridized carbons (Fsp3) is 0.0714. The Labute approximate surface area is 198 Å². The third-order valence-corrected chi connectivity index (χ3v) is 3.97. The van der Waals surface area contributed by atoms with Crippen LogP contribution in [0.5, 0.6) is 0 Å². The summed E-state index contributed by atoms with van der Waals surface area (Å²) in [4.78, 5) is 0. The molecule has 2 aliphatic rings. The van der Waals surface area contributed by atoms with Crippen molar-refractivity contribution in [1.29, 1.82) is 0 Å². The van der Waals surface area contributed by atoms with E-state index in [1.54, 1.807) is 0 Å². The van der Waals surface area contributed by atoms with Gasteiger partial charge in [0.1, 0.15) is 0 Å². The van der Waals surface area contributed by atoms with Crippen molar-refractivity contribution in [3.63, 3.8) is 0 Å². The molecule has 2 aromatic rings. The second-order valence-electron chi connectivity index (χ2n) is 6.03. The van der Waals surface area contributed by atoms with Crippen molar-refractivity contribution in [3.8, 4) is 0 Å². The minimum atomic E-state index is 0. The van der Waals surface area contributed by atoms with E-state index in [1.807, 2.05) is 108 Å². The molecule has 0 N–H and O–H groups in total. The van der Waals surface area contributed by atoms with Crippen LogP contribution in [-0.2, 0) is 26.2 Å². The molecular weight excluding hydrogens is 428 g/mol. The third kappa shape index (κ3) is 11.0. The Balaban J connectivity index is 0.000000311. The molecule has 0 saturated heterocycles. The van der Waals surface area contributed by atoms with E-state index in [4.69, 9.17) is 0 Å². The Morgan fingerprint density at radius 1 is 0.586 bits per heavy atom. The monoisotopic (exact) mass is 452 g/mol. The van der Waals surface area contributed by atoms with Gasteiger partial charge in [0.25, 0.3) is 0 Å². The first-order valence-electron chi connectivity index (χ1n) is 9.40. The SMILES string of the molecule is C[C-]=C(C)C(=[C-]c1ccccc1)c1ccccc1.[CH]1[CH][CH][CH][CH]1.[CH]1[CH][CH][CH][CH]1.[Zr+4]. The van der Waals surface area contributed by atoms with Crippen LogP contribution in [0.4, 0.5) is 0 Å².